The average molecular weight is 288 g/mol. The van der Waals surface area contributed by atoms with E-state index < -0.39 is 0 Å². The minimum atomic E-state index is 0.229. The van der Waals surface area contributed by atoms with Gasteiger partial charge in [0, 0.05) is 18.0 Å². The van der Waals surface area contributed by atoms with E-state index in [1.807, 2.05) is 66.5 Å². The number of carbonyl (C=O) groups is 1. The first-order chi connectivity index (χ1) is 9.63. The Morgan fingerprint density at radius 1 is 1.00 bits per heavy atom. The van der Waals surface area contributed by atoms with Gasteiger partial charge in [0.1, 0.15) is 0 Å². The minimum Gasteiger partial charge on any atom is -0.298 e. The molecule has 0 atom stereocenters. The zero-order valence-corrected chi connectivity index (χ0v) is 12.3. The Morgan fingerprint density at radius 3 is 2.30 bits per heavy atom. The largest absolute Gasteiger partial charge is 0.298 e. The lowest BCUT2D eigenvalue weighted by molar-refractivity contribution is -0.119. The molecule has 0 saturated heterocycles. The zero-order chi connectivity index (χ0) is 14.4. The van der Waals surface area contributed by atoms with Crippen LogP contribution in [0.25, 0.3) is 0 Å². The van der Waals surface area contributed by atoms with Crippen molar-refractivity contribution in [2.24, 2.45) is 0 Å². The number of likely N-dealkylation sites (N-methyl/N-ethyl adjacent to an activating group) is 1. The number of hydrogen-bond donors (Lipinski definition) is 0. The van der Waals surface area contributed by atoms with Gasteiger partial charge in [-0.05, 0) is 30.3 Å². The minimum absolute atomic E-state index is 0.229. The number of nitrogens with zero attached hydrogens (tertiary/aromatic N) is 1. The molecule has 0 heterocycles. The Labute approximate surface area is 125 Å². The van der Waals surface area contributed by atoms with Gasteiger partial charge in [0.2, 0.25) is 0 Å². The van der Waals surface area contributed by atoms with Gasteiger partial charge in [-0.3, -0.25) is 9.69 Å². The van der Waals surface area contributed by atoms with Gasteiger partial charge in [-0.1, -0.05) is 54.1 Å². The summed E-state index contributed by atoms with van der Waals surface area (Å²) in [5.74, 6) is 0.229. The van der Waals surface area contributed by atoms with Crippen molar-refractivity contribution >= 4 is 17.4 Å². The molecule has 3 heteroatoms. The standard InChI is InChI=1S/C17H18ClNO/c1-19(12-15-7-9-16(18)10-8-15)13-17(20)11-14-5-3-2-4-6-14/h2-10H,11-13H2,1H3. The van der Waals surface area contributed by atoms with Crippen LogP contribution >= 0.6 is 11.6 Å². The molecule has 0 saturated carbocycles. The van der Waals surface area contributed by atoms with Crippen LogP contribution in [-0.2, 0) is 17.8 Å². The molecule has 0 bridgehead atoms. The van der Waals surface area contributed by atoms with Gasteiger partial charge in [-0.2, -0.15) is 0 Å². The first-order valence-corrected chi connectivity index (χ1v) is 7.00. The van der Waals surface area contributed by atoms with Crippen LogP contribution in [0.5, 0.6) is 0 Å². The predicted octanol–water partition coefficient (Wildman–Crippen LogP) is 3.58. The molecule has 2 rings (SSSR count). The fourth-order valence-corrected chi connectivity index (χ4v) is 2.26. The van der Waals surface area contributed by atoms with Crippen molar-refractivity contribution in [2.45, 2.75) is 13.0 Å². The topological polar surface area (TPSA) is 20.3 Å². The number of rotatable bonds is 6. The Bertz CT molecular complexity index is 551. The van der Waals surface area contributed by atoms with Crippen molar-refractivity contribution < 1.29 is 4.79 Å². The van der Waals surface area contributed by atoms with Crippen LogP contribution in [0.4, 0.5) is 0 Å². The summed E-state index contributed by atoms with van der Waals surface area (Å²) in [4.78, 5) is 14.0. The van der Waals surface area contributed by atoms with Crippen molar-refractivity contribution in [2.75, 3.05) is 13.6 Å². The summed E-state index contributed by atoms with van der Waals surface area (Å²) < 4.78 is 0. The fourth-order valence-electron chi connectivity index (χ4n) is 2.14. The van der Waals surface area contributed by atoms with E-state index >= 15 is 0 Å². The summed E-state index contributed by atoms with van der Waals surface area (Å²) in [5, 5.41) is 0.733. The van der Waals surface area contributed by atoms with Crippen LogP contribution in [0.3, 0.4) is 0 Å². The quantitative estimate of drug-likeness (QED) is 0.809. The Hall–Kier alpha value is -1.64. The van der Waals surface area contributed by atoms with E-state index in [1.165, 1.54) is 0 Å². The normalized spacial score (nSPS) is 10.8. The maximum absolute atomic E-state index is 12.0. The summed E-state index contributed by atoms with van der Waals surface area (Å²) >= 11 is 5.86. The fraction of sp³-hybridized carbons (Fsp3) is 0.235. The Balaban J connectivity index is 1.83. The lowest BCUT2D eigenvalue weighted by atomic mass is 10.1. The van der Waals surface area contributed by atoms with Gasteiger partial charge in [0.05, 0.1) is 6.54 Å². The van der Waals surface area contributed by atoms with Gasteiger partial charge >= 0.3 is 0 Å². The van der Waals surface area contributed by atoms with Gasteiger partial charge in [-0.25, -0.2) is 0 Å². The van der Waals surface area contributed by atoms with E-state index in [9.17, 15) is 4.79 Å². The highest BCUT2D eigenvalue weighted by atomic mass is 35.5. The highest BCUT2D eigenvalue weighted by Gasteiger charge is 2.08. The molecule has 0 aliphatic heterocycles. The Kier molecular flexibility index (Phi) is 5.33. The molecule has 104 valence electrons. The van der Waals surface area contributed by atoms with Gasteiger partial charge < -0.3 is 0 Å². The van der Waals surface area contributed by atoms with E-state index in [0.29, 0.717) is 13.0 Å². The van der Waals surface area contributed by atoms with E-state index in [-0.39, 0.29) is 5.78 Å². The van der Waals surface area contributed by atoms with Crippen molar-refractivity contribution in [3.05, 3.63) is 70.7 Å². The lowest BCUT2D eigenvalue weighted by Crippen LogP contribution is -2.26. The number of halogens is 1. The maximum atomic E-state index is 12.0. The molecule has 0 fully saturated rings. The first kappa shape index (κ1) is 14.8. The van der Waals surface area contributed by atoms with E-state index in [0.717, 1.165) is 22.7 Å². The summed E-state index contributed by atoms with van der Waals surface area (Å²) in [6, 6.07) is 17.6. The number of benzene rings is 2. The van der Waals surface area contributed by atoms with Crippen LogP contribution in [0.15, 0.2) is 54.6 Å². The van der Waals surface area contributed by atoms with Crippen molar-refractivity contribution in [1.82, 2.24) is 4.90 Å². The van der Waals surface area contributed by atoms with Crippen LogP contribution in [-0.4, -0.2) is 24.3 Å². The van der Waals surface area contributed by atoms with Gasteiger partial charge in [0.25, 0.3) is 0 Å². The summed E-state index contributed by atoms with van der Waals surface area (Å²) in [6.07, 6.45) is 0.492. The SMILES string of the molecule is CN(CC(=O)Cc1ccccc1)Cc1ccc(Cl)cc1. The summed E-state index contributed by atoms with van der Waals surface area (Å²) in [7, 11) is 1.96. The predicted molar refractivity (Wildman–Crippen MR) is 82.9 cm³/mol. The van der Waals surface area contributed by atoms with E-state index in [1.54, 1.807) is 0 Å². The Morgan fingerprint density at radius 2 is 1.65 bits per heavy atom. The second-order valence-corrected chi connectivity index (χ2v) is 5.44. The van der Waals surface area contributed by atoms with E-state index in [2.05, 4.69) is 0 Å². The molecule has 0 aliphatic carbocycles. The molecular formula is C17H18ClNO. The highest BCUT2D eigenvalue weighted by molar-refractivity contribution is 6.30. The summed E-state index contributed by atoms with van der Waals surface area (Å²) in [5.41, 5.74) is 2.22. The first-order valence-electron chi connectivity index (χ1n) is 6.62. The second-order valence-electron chi connectivity index (χ2n) is 5.00. The van der Waals surface area contributed by atoms with Crippen LogP contribution < -0.4 is 0 Å². The second kappa shape index (κ2) is 7.22. The molecule has 2 nitrogen and oxygen atoms in total. The molecule has 0 aromatic heterocycles. The third-order valence-electron chi connectivity index (χ3n) is 3.06. The smallest absolute Gasteiger partial charge is 0.151 e. The zero-order valence-electron chi connectivity index (χ0n) is 11.6. The number of hydrogen-bond acceptors (Lipinski definition) is 2. The molecular weight excluding hydrogens is 270 g/mol. The molecule has 0 aliphatic rings. The highest BCUT2D eigenvalue weighted by Crippen LogP contribution is 2.11. The van der Waals surface area contributed by atoms with Crippen molar-refractivity contribution in [3.8, 4) is 0 Å². The van der Waals surface area contributed by atoms with E-state index in [4.69, 9.17) is 11.6 Å². The molecule has 0 N–H and O–H groups in total. The number of carbonyl (C=O) groups excluding carboxylic acids is 1. The van der Waals surface area contributed by atoms with Crippen LogP contribution in [0, 0.1) is 0 Å². The third-order valence-corrected chi connectivity index (χ3v) is 3.31. The monoisotopic (exact) mass is 287 g/mol. The lowest BCUT2D eigenvalue weighted by Gasteiger charge is -2.16. The number of ketones is 1. The molecule has 0 spiro atoms. The van der Waals surface area contributed by atoms with Crippen LogP contribution in [0.2, 0.25) is 5.02 Å². The van der Waals surface area contributed by atoms with Crippen LogP contribution in [0.1, 0.15) is 11.1 Å². The number of Topliss-reactive ketones (excluding diaryl/α,β-unsaturated/α-hetero) is 1. The maximum Gasteiger partial charge on any atom is 0.151 e. The molecule has 2 aromatic rings. The molecule has 20 heavy (non-hydrogen) atoms. The van der Waals surface area contributed by atoms with Gasteiger partial charge in [-0.15, -0.1) is 0 Å². The van der Waals surface area contributed by atoms with Gasteiger partial charge in [0.15, 0.2) is 5.78 Å². The summed E-state index contributed by atoms with van der Waals surface area (Å²) in [6.45, 7) is 1.20. The molecule has 0 unspecified atom stereocenters. The average Bonchev–Trinajstić information content (AvgIpc) is 2.42. The van der Waals surface area contributed by atoms with Crippen molar-refractivity contribution in [1.29, 1.82) is 0 Å². The molecule has 0 radical (unpaired) electrons. The third kappa shape index (κ3) is 4.80. The van der Waals surface area contributed by atoms with Crippen molar-refractivity contribution in [3.63, 3.8) is 0 Å². The molecule has 2 aromatic carbocycles. The molecule has 0 amide bonds.